The van der Waals surface area contributed by atoms with E-state index in [1.807, 2.05) is 30.7 Å². The number of benzene rings is 1. The molecule has 1 atom stereocenters. The lowest BCUT2D eigenvalue weighted by Gasteiger charge is -2.37. The van der Waals surface area contributed by atoms with Gasteiger partial charge in [-0.05, 0) is 37.6 Å². The monoisotopic (exact) mass is 391 g/mol. The maximum absolute atomic E-state index is 12.5. The first kappa shape index (κ1) is 19.5. The third-order valence-corrected chi connectivity index (χ3v) is 5.63. The molecule has 6 heteroatoms. The van der Waals surface area contributed by atoms with Gasteiger partial charge in [0.05, 0.1) is 5.69 Å². The van der Waals surface area contributed by atoms with Crippen molar-refractivity contribution in [3.63, 3.8) is 0 Å². The maximum Gasteiger partial charge on any atom is 0.221 e. The first-order valence-electron chi connectivity index (χ1n) is 10.3. The van der Waals surface area contributed by atoms with E-state index in [1.165, 1.54) is 11.3 Å². The number of aryl methyl sites for hydroxylation is 3. The van der Waals surface area contributed by atoms with Crippen molar-refractivity contribution >= 4 is 5.91 Å². The van der Waals surface area contributed by atoms with Crippen LogP contribution in [0.15, 0.2) is 54.7 Å². The zero-order chi connectivity index (χ0) is 20.2. The minimum atomic E-state index is 0.0792. The SMILES string of the molecule is Cc1cc(C)n(CCC(=O)NCC2Cn3cccc3CN2Cc2ccccc2)n1. The minimum Gasteiger partial charge on any atom is -0.354 e. The quantitative estimate of drug-likeness (QED) is 0.674. The van der Waals surface area contributed by atoms with Crippen LogP contribution in [0.2, 0.25) is 0 Å². The number of carbonyl (C=O) groups is 1. The van der Waals surface area contributed by atoms with E-state index in [2.05, 4.69) is 62.5 Å². The molecule has 1 aromatic carbocycles. The predicted octanol–water partition coefficient (Wildman–Crippen LogP) is 2.89. The van der Waals surface area contributed by atoms with Gasteiger partial charge >= 0.3 is 0 Å². The Morgan fingerprint density at radius 3 is 2.76 bits per heavy atom. The number of nitrogens with one attached hydrogen (secondary N) is 1. The third-order valence-electron chi connectivity index (χ3n) is 5.63. The van der Waals surface area contributed by atoms with E-state index in [0.717, 1.165) is 31.0 Å². The van der Waals surface area contributed by atoms with Gasteiger partial charge in [0, 0.05) is 62.8 Å². The summed E-state index contributed by atoms with van der Waals surface area (Å²) in [6, 6.07) is 17.1. The Hall–Kier alpha value is -2.86. The zero-order valence-corrected chi connectivity index (χ0v) is 17.2. The van der Waals surface area contributed by atoms with Gasteiger partial charge in [0.25, 0.3) is 0 Å². The van der Waals surface area contributed by atoms with Crippen LogP contribution in [0.3, 0.4) is 0 Å². The van der Waals surface area contributed by atoms with Crippen LogP contribution in [0.1, 0.15) is 29.1 Å². The standard InChI is InChI=1S/C23H29N5O/c1-18-13-19(2)28(25-18)12-10-23(29)24-14-22-17-26-11-6-9-21(26)16-27(22)15-20-7-4-3-5-8-20/h3-9,11,13,22H,10,12,14-17H2,1-2H3,(H,24,29). The molecular formula is C23H29N5O. The molecule has 0 radical (unpaired) electrons. The Balaban J connectivity index is 1.36. The average Bonchev–Trinajstić information content (AvgIpc) is 3.30. The van der Waals surface area contributed by atoms with Gasteiger partial charge in [-0.25, -0.2) is 0 Å². The highest BCUT2D eigenvalue weighted by molar-refractivity contribution is 5.75. The van der Waals surface area contributed by atoms with E-state index in [1.54, 1.807) is 0 Å². The summed E-state index contributed by atoms with van der Waals surface area (Å²) in [6.45, 7) is 7.95. The third kappa shape index (κ3) is 4.77. The number of rotatable bonds is 7. The van der Waals surface area contributed by atoms with Crippen molar-refractivity contribution < 1.29 is 4.79 Å². The Bertz CT molecular complexity index is 959. The van der Waals surface area contributed by atoms with Gasteiger partial charge in [-0.15, -0.1) is 0 Å². The maximum atomic E-state index is 12.5. The minimum absolute atomic E-state index is 0.0792. The van der Waals surface area contributed by atoms with Crippen LogP contribution in [0.5, 0.6) is 0 Å². The van der Waals surface area contributed by atoms with Gasteiger partial charge < -0.3 is 9.88 Å². The Morgan fingerprint density at radius 2 is 2.00 bits per heavy atom. The van der Waals surface area contributed by atoms with Crippen molar-refractivity contribution in [3.05, 3.63) is 77.4 Å². The summed E-state index contributed by atoms with van der Waals surface area (Å²) in [5.41, 5.74) is 4.71. The van der Waals surface area contributed by atoms with Crippen molar-refractivity contribution in [3.8, 4) is 0 Å². The highest BCUT2D eigenvalue weighted by Crippen LogP contribution is 2.20. The molecule has 29 heavy (non-hydrogen) atoms. The summed E-state index contributed by atoms with van der Waals surface area (Å²) in [5.74, 6) is 0.0792. The number of hydrogen-bond acceptors (Lipinski definition) is 3. The molecule has 0 saturated heterocycles. The molecule has 1 amide bonds. The fourth-order valence-electron chi connectivity index (χ4n) is 4.08. The molecule has 0 bridgehead atoms. The van der Waals surface area contributed by atoms with Crippen LogP contribution in [-0.2, 0) is 31.0 Å². The fourth-order valence-corrected chi connectivity index (χ4v) is 4.08. The Morgan fingerprint density at radius 1 is 1.17 bits per heavy atom. The van der Waals surface area contributed by atoms with Crippen LogP contribution in [0, 0.1) is 13.8 Å². The molecule has 1 unspecified atom stereocenters. The van der Waals surface area contributed by atoms with Crippen molar-refractivity contribution in [1.29, 1.82) is 0 Å². The van der Waals surface area contributed by atoms with Crippen LogP contribution >= 0.6 is 0 Å². The van der Waals surface area contributed by atoms with Crippen LogP contribution in [0.4, 0.5) is 0 Å². The molecule has 0 fully saturated rings. The second kappa shape index (κ2) is 8.66. The van der Waals surface area contributed by atoms with E-state index in [0.29, 0.717) is 19.5 Å². The first-order chi connectivity index (χ1) is 14.1. The second-order valence-electron chi connectivity index (χ2n) is 7.90. The molecule has 0 spiro atoms. The molecule has 1 aliphatic heterocycles. The number of hydrogen-bond donors (Lipinski definition) is 1. The summed E-state index contributed by atoms with van der Waals surface area (Å²) in [7, 11) is 0. The van der Waals surface area contributed by atoms with Gasteiger partial charge in [0.2, 0.25) is 5.91 Å². The molecule has 2 aromatic heterocycles. The zero-order valence-electron chi connectivity index (χ0n) is 17.2. The van der Waals surface area contributed by atoms with E-state index in [-0.39, 0.29) is 11.9 Å². The number of amides is 1. The summed E-state index contributed by atoms with van der Waals surface area (Å²) < 4.78 is 4.21. The Labute approximate surface area is 172 Å². The predicted molar refractivity (Wildman–Crippen MR) is 113 cm³/mol. The van der Waals surface area contributed by atoms with Gasteiger partial charge in [0.1, 0.15) is 0 Å². The lowest BCUT2D eigenvalue weighted by atomic mass is 10.1. The number of nitrogens with zero attached hydrogens (tertiary/aromatic N) is 4. The van der Waals surface area contributed by atoms with Crippen molar-refractivity contribution in [2.45, 2.75) is 52.5 Å². The van der Waals surface area contributed by atoms with Crippen molar-refractivity contribution in [1.82, 2.24) is 24.6 Å². The van der Waals surface area contributed by atoms with E-state index in [9.17, 15) is 4.79 Å². The molecule has 3 aromatic rings. The number of carbonyl (C=O) groups excluding carboxylic acids is 1. The number of aromatic nitrogens is 3. The normalized spacial score (nSPS) is 16.6. The summed E-state index contributed by atoms with van der Waals surface area (Å²) in [6.07, 6.45) is 2.58. The average molecular weight is 392 g/mol. The molecule has 3 heterocycles. The van der Waals surface area contributed by atoms with Gasteiger partial charge in [-0.3, -0.25) is 14.4 Å². The van der Waals surface area contributed by atoms with E-state index < -0.39 is 0 Å². The molecule has 0 aliphatic carbocycles. The largest absolute Gasteiger partial charge is 0.354 e. The lowest BCUT2D eigenvalue weighted by Crippen LogP contribution is -2.48. The molecule has 1 N–H and O–H groups in total. The van der Waals surface area contributed by atoms with E-state index >= 15 is 0 Å². The molecular weight excluding hydrogens is 362 g/mol. The summed E-state index contributed by atoms with van der Waals surface area (Å²) in [5, 5.41) is 7.59. The summed E-state index contributed by atoms with van der Waals surface area (Å²) >= 11 is 0. The van der Waals surface area contributed by atoms with Gasteiger partial charge in [0.15, 0.2) is 0 Å². The van der Waals surface area contributed by atoms with Crippen molar-refractivity contribution in [2.24, 2.45) is 0 Å². The number of fused-ring (bicyclic) bond motifs is 1. The van der Waals surface area contributed by atoms with Crippen LogP contribution < -0.4 is 5.32 Å². The van der Waals surface area contributed by atoms with Crippen LogP contribution in [-0.4, -0.2) is 37.7 Å². The Kier molecular flexibility index (Phi) is 5.81. The van der Waals surface area contributed by atoms with E-state index in [4.69, 9.17) is 0 Å². The molecule has 0 saturated carbocycles. The molecule has 6 nitrogen and oxygen atoms in total. The topological polar surface area (TPSA) is 55.1 Å². The van der Waals surface area contributed by atoms with Gasteiger partial charge in [-0.2, -0.15) is 5.10 Å². The van der Waals surface area contributed by atoms with Gasteiger partial charge in [-0.1, -0.05) is 30.3 Å². The fraction of sp³-hybridized carbons (Fsp3) is 0.391. The molecule has 1 aliphatic rings. The smallest absolute Gasteiger partial charge is 0.221 e. The first-order valence-corrected chi connectivity index (χ1v) is 10.3. The highest BCUT2D eigenvalue weighted by atomic mass is 16.1. The highest BCUT2D eigenvalue weighted by Gasteiger charge is 2.26. The molecule has 152 valence electrons. The second-order valence-corrected chi connectivity index (χ2v) is 7.90. The van der Waals surface area contributed by atoms with Crippen LogP contribution in [0.25, 0.3) is 0 Å². The summed E-state index contributed by atoms with van der Waals surface area (Å²) in [4.78, 5) is 14.9. The molecule has 4 rings (SSSR count). The lowest BCUT2D eigenvalue weighted by molar-refractivity contribution is -0.121. The van der Waals surface area contributed by atoms with Crippen molar-refractivity contribution in [2.75, 3.05) is 6.54 Å².